The van der Waals surface area contributed by atoms with E-state index < -0.39 is 0 Å². The SMILES string of the molecule is O=C(c1ccncc1)N1CCN(c2cnnc(N3CCOCC3)c2)CC1. The Hall–Kier alpha value is -2.74. The van der Waals surface area contributed by atoms with Crippen molar-refractivity contribution >= 4 is 17.4 Å². The Bertz CT molecular complexity index is 742. The number of morpholine rings is 1. The molecule has 8 heteroatoms. The van der Waals surface area contributed by atoms with Gasteiger partial charge in [0, 0.05) is 63.3 Å². The summed E-state index contributed by atoms with van der Waals surface area (Å²) in [4.78, 5) is 22.9. The summed E-state index contributed by atoms with van der Waals surface area (Å²) >= 11 is 0. The number of anilines is 2. The van der Waals surface area contributed by atoms with Crippen molar-refractivity contribution in [2.45, 2.75) is 0 Å². The van der Waals surface area contributed by atoms with Crippen molar-refractivity contribution in [2.75, 3.05) is 62.3 Å². The average molecular weight is 354 g/mol. The Morgan fingerprint density at radius 2 is 1.69 bits per heavy atom. The zero-order valence-corrected chi connectivity index (χ0v) is 14.6. The summed E-state index contributed by atoms with van der Waals surface area (Å²) in [6.45, 7) is 6.07. The molecular weight excluding hydrogens is 332 g/mol. The molecule has 0 saturated carbocycles. The number of rotatable bonds is 3. The molecule has 2 saturated heterocycles. The highest BCUT2D eigenvalue weighted by Gasteiger charge is 2.23. The van der Waals surface area contributed by atoms with E-state index in [1.165, 1.54) is 0 Å². The Morgan fingerprint density at radius 3 is 2.42 bits per heavy atom. The first kappa shape index (κ1) is 16.7. The number of nitrogens with zero attached hydrogens (tertiary/aromatic N) is 6. The Morgan fingerprint density at radius 1 is 0.962 bits per heavy atom. The highest BCUT2D eigenvalue weighted by molar-refractivity contribution is 5.94. The minimum atomic E-state index is 0.0638. The molecule has 0 unspecified atom stereocenters. The number of carbonyl (C=O) groups excluding carboxylic acids is 1. The van der Waals surface area contributed by atoms with Crippen molar-refractivity contribution in [3.05, 3.63) is 42.4 Å². The minimum Gasteiger partial charge on any atom is -0.378 e. The van der Waals surface area contributed by atoms with Crippen LogP contribution in [0.3, 0.4) is 0 Å². The molecule has 0 aliphatic carbocycles. The molecule has 4 rings (SSSR count). The first-order valence-corrected chi connectivity index (χ1v) is 8.91. The molecule has 0 atom stereocenters. The van der Waals surface area contributed by atoms with Gasteiger partial charge in [-0.2, -0.15) is 5.10 Å². The predicted molar refractivity (Wildman–Crippen MR) is 97.4 cm³/mol. The Labute approximate surface area is 152 Å². The van der Waals surface area contributed by atoms with Gasteiger partial charge >= 0.3 is 0 Å². The molecule has 2 fully saturated rings. The summed E-state index contributed by atoms with van der Waals surface area (Å²) in [7, 11) is 0. The lowest BCUT2D eigenvalue weighted by atomic mass is 10.2. The third kappa shape index (κ3) is 3.60. The van der Waals surface area contributed by atoms with Crippen LogP contribution in [0.5, 0.6) is 0 Å². The second kappa shape index (κ2) is 7.65. The first-order chi connectivity index (χ1) is 12.8. The highest BCUT2D eigenvalue weighted by atomic mass is 16.5. The molecule has 1 amide bonds. The van der Waals surface area contributed by atoms with Crippen LogP contribution in [-0.4, -0.2) is 78.5 Å². The van der Waals surface area contributed by atoms with E-state index in [0.29, 0.717) is 18.7 Å². The fourth-order valence-electron chi connectivity index (χ4n) is 3.31. The first-order valence-electron chi connectivity index (χ1n) is 8.91. The van der Waals surface area contributed by atoms with Crippen LogP contribution in [0, 0.1) is 0 Å². The molecule has 0 radical (unpaired) electrons. The molecule has 2 aliphatic rings. The van der Waals surface area contributed by atoms with Gasteiger partial charge in [0.15, 0.2) is 5.82 Å². The average Bonchev–Trinajstić information content (AvgIpc) is 2.75. The number of amides is 1. The maximum Gasteiger partial charge on any atom is 0.254 e. The molecule has 26 heavy (non-hydrogen) atoms. The van der Waals surface area contributed by atoms with E-state index in [-0.39, 0.29) is 5.91 Å². The van der Waals surface area contributed by atoms with Crippen LogP contribution in [0.15, 0.2) is 36.8 Å². The van der Waals surface area contributed by atoms with Gasteiger partial charge in [-0.25, -0.2) is 0 Å². The quantitative estimate of drug-likeness (QED) is 0.802. The smallest absolute Gasteiger partial charge is 0.254 e. The fourth-order valence-corrected chi connectivity index (χ4v) is 3.31. The molecule has 0 spiro atoms. The van der Waals surface area contributed by atoms with Gasteiger partial charge in [-0.05, 0) is 12.1 Å². The summed E-state index contributed by atoms with van der Waals surface area (Å²) in [6, 6.07) is 5.60. The normalized spacial score (nSPS) is 18.1. The van der Waals surface area contributed by atoms with Crippen LogP contribution in [-0.2, 0) is 4.74 Å². The van der Waals surface area contributed by atoms with Crippen LogP contribution in [0.1, 0.15) is 10.4 Å². The monoisotopic (exact) mass is 354 g/mol. The molecule has 2 aliphatic heterocycles. The minimum absolute atomic E-state index is 0.0638. The molecule has 4 heterocycles. The number of hydrogen-bond acceptors (Lipinski definition) is 7. The standard InChI is InChI=1S/C18H22N6O2/c25-18(15-1-3-19-4-2-15)24-7-5-22(6-8-24)16-13-17(21-20-14-16)23-9-11-26-12-10-23/h1-4,13-14H,5-12H2. The lowest BCUT2D eigenvalue weighted by Crippen LogP contribution is -2.49. The Kier molecular flexibility index (Phi) is 4.92. The lowest BCUT2D eigenvalue weighted by Gasteiger charge is -2.36. The van der Waals surface area contributed by atoms with Gasteiger partial charge in [-0.3, -0.25) is 9.78 Å². The zero-order chi connectivity index (χ0) is 17.8. The fraction of sp³-hybridized carbons (Fsp3) is 0.444. The number of aromatic nitrogens is 3. The van der Waals surface area contributed by atoms with Crippen molar-refractivity contribution in [1.82, 2.24) is 20.1 Å². The largest absolute Gasteiger partial charge is 0.378 e. The molecule has 0 bridgehead atoms. The van der Waals surface area contributed by atoms with Crippen LogP contribution in [0.2, 0.25) is 0 Å². The van der Waals surface area contributed by atoms with Gasteiger partial charge < -0.3 is 19.4 Å². The molecule has 136 valence electrons. The van der Waals surface area contributed by atoms with Crippen molar-refractivity contribution in [3.63, 3.8) is 0 Å². The van der Waals surface area contributed by atoms with Gasteiger partial charge in [0.2, 0.25) is 0 Å². The zero-order valence-electron chi connectivity index (χ0n) is 14.6. The highest BCUT2D eigenvalue weighted by Crippen LogP contribution is 2.21. The summed E-state index contributed by atoms with van der Waals surface area (Å²) in [5.41, 5.74) is 1.74. The van der Waals surface area contributed by atoms with Gasteiger partial charge in [0.05, 0.1) is 25.1 Å². The summed E-state index contributed by atoms with van der Waals surface area (Å²) in [5.74, 6) is 0.954. The maximum absolute atomic E-state index is 12.5. The molecule has 8 nitrogen and oxygen atoms in total. The second-order valence-corrected chi connectivity index (χ2v) is 6.39. The third-order valence-corrected chi connectivity index (χ3v) is 4.82. The van der Waals surface area contributed by atoms with Crippen molar-refractivity contribution in [2.24, 2.45) is 0 Å². The van der Waals surface area contributed by atoms with Crippen LogP contribution < -0.4 is 9.80 Å². The number of ether oxygens (including phenoxy) is 1. The van der Waals surface area contributed by atoms with Crippen molar-refractivity contribution in [1.29, 1.82) is 0 Å². The van der Waals surface area contributed by atoms with E-state index >= 15 is 0 Å². The van der Waals surface area contributed by atoms with E-state index in [1.807, 2.05) is 4.90 Å². The van der Waals surface area contributed by atoms with Gasteiger partial charge in [0.1, 0.15) is 0 Å². The van der Waals surface area contributed by atoms with Crippen LogP contribution in [0.4, 0.5) is 11.5 Å². The molecular formula is C18H22N6O2. The molecule has 2 aromatic heterocycles. The number of hydrogen-bond donors (Lipinski definition) is 0. The van der Waals surface area contributed by atoms with E-state index in [9.17, 15) is 4.79 Å². The van der Waals surface area contributed by atoms with E-state index in [0.717, 1.165) is 50.9 Å². The Balaban J connectivity index is 1.39. The van der Waals surface area contributed by atoms with Gasteiger partial charge in [-0.15, -0.1) is 5.10 Å². The number of pyridine rings is 1. The van der Waals surface area contributed by atoms with Gasteiger partial charge in [-0.1, -0.05) is 0 Å². The van der Waals surface area contributed by atoms with E-state index in [2.05, 4.69) is 31.0 Å². The van der Waals surface area contributed by atoms with E-state index in [4.69, 9.17) is 4.74 Å². The van der Waals surface area contributed by atoms with Crippen LogP contribution in [0.25, 0.3) is 0 Å². The number of piperazine rings is 1. The van der Waals surface area contributed by atoms with Crippen LogP contribution >= 0.6 is 0 Å². The lowest BCUT2D eigenvalue weighted by molar-refractivity contribution is 0.0746. The summed E-state index contributed by atoms with van der Waals surface area (Å²) in [6.07, 6.45) is 5.10. The predicted octanol–water partition coefficient (Wildman–Crippen LogP) is 0.671. The summed E-state index contributed by atoms with van der Waals surface area (Å²) < 4.78 is 5.40. The second-order valence-electron chi connectivity index (χ2n) is 6.39. The topological polar surface area (TPSA) is 74.7 Å². The third-order valence-electron chi connectivity index (χ3n) is 4.82. The molecule has 2 aromatic rings. The summed E-state index contributed by atoms with van der Waals surface area (Å²) in [5, 5.41) is 8.44. The van der Waals surface area contributed by atoms with Crippen molar-refractivity contribution < 1.29 is 9.53 Å². The van der Waals surface area contributed by atoms with E-state index in [1.54, 1.807) is 30.7 Å². The van der Waals surface area contributed by atoms with Crippen molar-refractivity contribution in [3.8, 4) is 0 Å². The maximum atomic E-state index is 12.5. The molecule has 0 N–H and O–H groups in total. The van der Waals surface area contributed by atoms with Gasteiger partial charge in [0.25, 0.3) is 5.91 Å². The number of carbonyl (C=O) groups is 1. The molecule has 0 aromatic carbocycles.